The number of pyridine rings is 1. The first-order valence-electron chi connectivity index (χ1n) is 7.09. The van der Waals surface area contributed by atoms with E-state index in [2.05, 4.69) is 27.9 Å². The lowest BCUT2D eigenvalue weighted by Gasteiger charge is -2.06. The van der Waals surface area contributed by atoms with Gasteiger partial charge in [-0.15, -0.1) is 0 Å². The number of unbranched alkanes of at least 4 members (excludes halogenated alkanes) is 2. The van der Waals surface area contributed by atoms with E-state index < -0.39 is 0 Å². The molecular weight excluding hydrogens is 250 g/mol. The molecule has 0 radical (unpaired) electrons. The number of rotatable bonds is 6. The molecule has 0 N–H and O–H groups in total. The second-order valence-corrected chi connectivity index (χ2v) is 4.85. The molecule has 0 saturated carbocycles. The Kier molecular flexibility index (Phi) is 5.04. The largest absolute Gasteiger partial charge is 0.481 e. The molecule has 2 aromatic heterocycles. The van der Waals surface area contributed by atoms with Gasteiger partial charge in [-0.05, 0) is 31.9 Å². The van der Waals surface area contributed by atoms with Crippen LogP contribution in [-0.4, -0.2) is 22.1 Å². The average molecular weight is 271 g/mol. The van der Waals surface area contributed by atoms with Crippen LogP contribution in [0.25, 0.3) is 11.5 Å². The summed E-state index contributed by atoms with van der Waals surface area (Å²) < 4.78 is 5.19. The molecule has 0 fully saturated rings. The second-order valence-electron chi connectivity index (χ2n) is 4.85. The van der Waals surface area contributed by atoms with Gasteiger partial charge in [0.15, 0.2) is 5.82 Å². The monoisotopic (exact) mass is 271 g/mol. The Balaban J connectivity index is 2.24. The van der Waals surface area contributed by atoms with Gasteiger partial charge in [0.2, 0.25) is 5.88 Å². The van der Waals surface area contributed by atoms with Gasteiger partial charge < -0.3 is 4.74 Å². The highest BCUT2D eigenvalue weighted by atomic mass is 16.5. The number of nitrogens with zero attached hydrogens (tertiary/aromatic N) is 3. The standard InChI is InChI=1S/C16H21N3O/c1-4-5-6-8-13-9-7-10-14(18-13)16-17-12(2)11-15(19-16)20-3/h7,9-11H,4-6,8H2,1-3H3. The molecule has 0 aromatic carbocycles. The molecule has 0 spiro atoms. The fourth-order valence-corrected chi connectivity index (χ4v) is 2.06. The number of ether oxygens (including phenoxy) is 1. The zero-order valence-electron chi connectivity index (χ0n) is 12.4. The minimum atomic E-state index is 0.575. The maximum absolute atomic E-state index is 5.19. The predicted molar refractivity (Wildman–Crippen MR) is 79.8 cm³/mol. The molecule has 0 atom stereocenters. The van der Waals surface area contributed by atoms with E-state index in [4.69, 9.17) is 4.74 Å². The number of methoxy groups -OCH3 is 1. The fraction of sp³-hybridized carbons (Fsp3) is 0.438. The Labute approximate surface area is 120 Å². The van der Waals surface area contributed by atoms with Gasteiger partial charge in [-0.3, -0.25) is 0 Å². The molecule has 0 aliphatic heterocycles. The van der Waals surface area contributed by atoms with Gasteiger partial charge >= 0.3 is 0 Å². The van der Waals surface area contributed by atoms with Crippen LogP contribution in [0.3, 0.4) is 0 Å². The van der Waals surface area contributed by atoms with E-state index in [9.17, 15) is 0 Å². The summed E-state index contributed by atoms with van der Waals surface area (Å²) >= 11 is 0. The summed E-state index contributed by atoms with van der Waals surface area (Å²) in [5.74, 6) is 1.20. The first-order valence-corrected chi connectivity index (χ1v) is 7.09. The van der Waals surface area contributed by atoms with Gasteiger partial charge in [-0.1, -0.05) is 25.8 Å². The molecule has 0 bridgehead atoms. The quantitative estimate of drug-likeness (QED) is 0.753. The first-order chi connectivity index (χ1) is 9.72. The summed E-state index contributed by atoms with van der Waals surface area (Å²) in [5.41, 5.74) is 2.78. The van der Waals surface area contributed by atoms with Crippen LogP contribution in [-0.2, 0) is 6.42 Å². The van der Waals surface area contributed by atoms with Gasteiger partial charge in [0, 0.05) is 17.5 Å². The van der Waals surface area contributed by atoms with Crippen LogP contribution in [0.1, 0.15) is 37.6 Å². The molecule has 0 amide bonds. The zero-order valence-corrected chi connectivity index (χ0v) is 12.4. The average Bonchev–Trinajstić information content (AvgIpc) is 2.47. The van der Waals surface area contributed by atoms with Crippen LogP contribution >= 0.6 is 0 Å². The van der Waals surface area contributed by atoms with Crippen molar-refractivity contribution in [3.05, 3.63) is 35.7 Å². The molecule has 2 aromatic rings. The lowest BCUT2D eigenvalue weighted by atomic mass is 10.1. The van der Waals surface area contributed by atoms with Crippen LogP contribution in [0.2, 0.25) is 0 Å². The molecule has 0 aliphatic rings. The maximum Gasteiger partial charge on any atom is 0.216 e. The topological polar surface area (TPSA) is 47.9 Å². The number of aromatic nitrogens is 3. The minimum Gasteiger partial charge on any atom is -0.481 e. The highest BCUT2D eigenvalue weighted by Crippen LogP contribution is 2.18. The maximum atomic E-state index is 5.19. The van der Waals surface area contributed by atoms with E-state index in [1.54, 1.807) is 7.11 Å². The normalized spacial score (nSPS) is 10.6. The third-order valence-electron chi connectivity index (χ3n) is 3.11. The Morgan fingerprint density at radius 3 is 2.70 bits per heavy atom. The summed E-state index contributed by atoms with van der Waals surface area (Å²) in [7, 11) is 1.61. The third-order valence-corrected chi connectivity index (χ3v) is 3.11. The first kappa shape index (κ1) is 14.4. The van der Waals surface area contributed by atoms with Gasteiger partial charge in [0.25, 0.3) is 0 Å². The van der Waals surface area contributed by atoms with Crippen LogP contribution in [0, 0.1) is 6.92 Å². The van der Waals surface area contributed by atoms with Crippen molar-refractivity contribution >= 4 is 0 Å². The molecule has 0 unspecified atom stereocenters. The summed E-state index contributed by atoms with van der Waals surface area (Å²) in [6.07, 6.45) is 4.63. The SMILES string of the molecule is CCCCCc1cccc(-c2nc(C)cc(OC)n2)n1. The molecule has 4 nitrogen and oxygen atoms in total. The molecule has 0 aliphatic carbocycles. The van der Waals surface area contributed by atoms with Crippen LogP contribution in [0.4, 0.5) is 0 Å². The number of hydrogen-bond acceptors (Lipinski definition) is 4. The van der Waals surface area contributed by atoms with Crippen LogP contribution < -0.4 is 4.74 Å². The smallest absolute Gasteiger partial charge is 0.216 e. The second kappa shape index (κ2) is 6.98. The highest BCUT2D eigenvalue weighted by Gasteiger charge is 2.07. The lowest BCUT2D eigenvalue weighted by molar-refractivity contribution is 0.397. The van der Waals surface area contributed by atoms with Gasteiger partial charge in [0.1, 0.15) is 5.69 Å². The molecule has 4 heteroatoms. The van der Waals surface area contributed by atoms with Crippen LogP contribution in [0.5, 0.6) is 5.88 Å². The summed E-state index contributed by atoms with van der Waals surface area (Å²) in [6, 6.07) is 7.83. The number of hydrogen-bond donors (Lipinski definition) is 0. The van der Waals surface area contributed by atoms with Crippen molar-refractivity contribution in [1.82, 2.24) is 15.0 Å². The Bertz CT molecular complexity index is 569. The van der Waals surface area contributed by atoms with Crippen LogP contribution in [0.15, 0.2) is 24.3 Å². The van der Waals surface area contributed by atoms with Gasteiger partial charge in [-0.25, -0.2) is 9.97 Å². The third kappa shape index (κ3) is 3.76. The molecule has 0 saturated heterocycles. The molecule has 2 rings (SSSR count). The van der Waals surface area contributed by atoms with Crippen molar-refractivity contribution in [3.63, 3.8) is 0 Å². The lowest BCUT2D eigenvalue weighted by Crippen LogP contribution is -1.99. The van der Waals surface area contributed by atoms with Crippen molar-refractivity contribution in [1.29, 1.82) is 0 Å². The Hall–Kier alpha value is -1.97. The van der Waals surface area contributed by atoms with Crippen molar-refractivity contribution < 1.29 is 4.74 Å². The molecule has 20 heavy (non-hydrogen) atoms. The Morgan fingerprint density at radius 2 is 1.95 bits per heavy atom. The Morgan fingerprint density at radius 1 is 1.10 bits per heavy atom. The fourth-order valence-electron chi connectivity index (χ4n) is 2.06. The van der Waals surface area contributed by atoms with E-state index >= 15 is 0 Å². The minimum absolute atomic E-state index is 0.575. The summed E-state index contributed by atoms with van der Waals surface area (Å²) in [5, 5.41) is 0. The van der Waals surface area contributed by atoms with E-state index in [1.807, 2.05) is 25.1 Å². The number of aryl methyl sites for hydroxylation is 2. The van der Waals surface area contributed by atoms with Crippen molar-refractivity contribution in [2.24, 2.45) is 0 Å². The van der Waals surface area contributed by atoms with E-state index in [0.29, 0.717) is 11.7 Å². The molecule has 2 heterocycles. The summed E-state index contributed by atoms with van der Waals surface area (Å²) in [4.78, 5) is 13.5. The van der Waals surface area contributed by atoms with Crippen molar-refractivity contribution in [3.8, 4) is 17.4 Å². The van der Waals surface area contributed by atoms with E-state index in [0.717, 1.165) is 23.5 Å². The van der Waals surface area contributed by atoms with E-state index in [-0.39, 0.29) is 0 Å². The van der Waals surface area contributed by atoms with Crippen molar-refractivity contribution in [2.45, 2.75) is 39.5 Å². The van der Waals surface area contributed by atoms with Gasteiger partial charge in [0.05, 0.1) is 7.11 Å². The zero-order chi connectivity index (χ0) is 14.4. The summed E-state index contributed by atoms with van der Waals surface area (Å²) in [6.45, 7) is 4.13. The highest BCUT2D eigenvalue weighted by molar-refractivity contribution is 5.50. The van der Waals surface area contributed by atoms with Crippen molar-refractivity contribution in [2.75, 3.05) is 7.11 Å². The molecular formula is C16H21N3O. The van der Waals surface area contributed by atoms with E-state index in [1.165, 1.54) is 19.3 Å². The predicted octanol–water partition coefficient (Wildman–Crippen LogP) is 3.59. The van der Waals surface area contributed by atoms with Gasteiger partial charge in [-0.2, -0.15) is 4.98 Å². The molecule has 106 valence electrons.